The molecule has 2 heterocycles. The van der Waals surface area contributed by atoms with Crippen LogP contribution in [0.2, 0.25) is 5.15 Å². The zero-order valence-electron chi connectivity index (χ0n) is 12.8. The van der Waals surface area contributed by atoms with Crippen LogP contribution in [0, 0.1) is 5.82 Å². The Labute approximate surface area is 134 Å². The minimum atomic E-state index is -0.587. The number of carbonyl (C=O) groups is 1. The molecule has 0 aliphatic carbocycles. The second-order valence-corrected chi connectivity index (χ2v) is 5.55. The summed E-state index contributed by atoms with van der Waals surface area (Å²) >= 11 is 5.70. The third kappa shape index (κ3) is 4.04. The molecule has 0 radical (unpaired) electrons. The molecular formula is C14H20ClFN4O2. The highest BCUT2D eigenvalue weighted by Gasteiger charge is 2.27. The molecule has 0 spiro atoms. The highest BCUT2D eigenvalue weighted by atomic mass is 35.5. The Balaban J connectivity index is 1.92. The Morgan fingerprint density at radius 2 is 2.27 bits per heavy atom. The first-order chi connectivity index (χ1) is 10.5. The van der Waals surface area contributed by atoms with Crippen molar-refractivity contribution in [2.45, 2.75) is 26.3 Å². The number of nitrogens with zero attached hydrogens (tertiary/aromatic N) is 4. The van der Waals surface area contributed by atoms with Gasteiger partial charge in [0.05, 0.1) is 13.0 Å². The first-order valence-electron chi connectivity index (χ1n) is 7.33. The summed E-state index contributed by atoms with van der Waals surface area (Å²) < 4.78 is 18.9. The molecule has 1 aliphatic heterocycles. The van der Waals surface area contributed by atoms with Crippen LogP contribution in [0.15, 0.2) is 6.33 Å². The Bertz CT molecular complexity index is 532. The quantitative estimate of drug-likeness (QED) is 0.605. The number of rotatable bonds is 5. The van der Waals surface area contributed by atoms with Crippen LogP contribution in [0.4, 0.5) is 10.2 Å². The van der Waals surface area contributed by atoms with Gasteiger partial charge in [0, 0.05) is 32.2 Å². The number of piperazine rings is 1. The van der Waals surface area contributed by atoms with E-state index in [9.17, 15) is 9.18 Å². The number of hydrogen-bond donors (Lipinski definition) is 0. The maximum atomic E-state index is 14.0. The summed E-state index contributed by atoms with van der Waals surface area (Å²) in [6.45, 7) is 6.83. The predicted molar refractivity (Wildman–Crippen MR) is 81.5 cm³/mol. The normalized spacial score (nSPS) is 19.3. The van der Waals surface area contributed by atoms with E-state index in [1.807, 2.05) is 11.8 Å². The summed E-state index contributed by atoms with van der Waals surface area (Å²) in [5.74, 6) is -0.543. The van der Waals surface area contributed by atoms with Crippen molar-refractivity contribution in [1.82, 2.24) is 14.9 Å². The largest absolute Gasteiger partial charge is 0.466 e. The van der Waals surface area contributed by atoms with Gasteiger partial charge < -0.3 is 9.64 Å². The standard InChI is InChI=1S/C14H20ClFN4O2/c1-3-22-11(21)4-5-19-6-7-20(8-10(19)2)14-12(16)13(15)17-9-18-14/h9-10H,3-8H2,1-2H3/t10-/m0/s1. The van der Waals surface area contributed by atoms with Crippen molar-refractivity contribution in [3.05, 3.63) is 17.3 Å². The molecule has 8 heteroatoms. The van der Waals surface area contributed by atoms with Gasteiger partial charge in [-0.1, -0.05) is 11.6 Å². The van der Waals surface area contributed by atoms with Crippen LogP contribution in [0.5, 0.6) is 0 Å². The van der Waals surface area contributed by atoms with Crippen molar-refractivity contribution in [2.75, 3.05) is 37.7 Å². The van der Waals surface area contributed by atoms with Gasteiger partial charge in [0.2, 0.25) is 5.82 Å². The summed E-state index contributed by atoms with van der Waals surface area (Å²) in [4.78, 5) is 23.1. The first-order valence-corrected chi connectivity index (χ1v) is 7.71. The van der Waals surface area contributed by atoms with E-state index in [-0.39, 0.29) is 23.0 Å². The highest BCUT2D eigenvalue weighted by Crippen LogP contribution is 2.23. The van der Waals surface area contributed by atoms with E-state index < -0.39 is 5.82 Å². The zero-order chi connectivity index (χ0) is 16.1. The van der Waals surface area contributed by atoms with Crippen LogP contribution in [0.1, 0.15) is 20.3 Å². The number of aromatic nitrogens is 2. The molecule has 1 aromatic rings. The van der Waals surface area contributed by atoms with Gasteiger partial charge in [0.1, 0.15) is 6.33 Å². The summed E-state index contributed by atoms with van der Waals surface area (Å²) in [5.41, 5.74) is 0. The smallest absolute Gasteiger partial charge is 0.307 e. The van der Waals surface area contributed by atoms with E-state index in [0.717, 1.165) is 6.54 Å². The van der Waals surface area contributed by atoms with Gasteiger partial charge in [0.25, 0.3) is 0 Å². The molecule has 1 aromatic heterocycles. The van der Waals surface area contributed by atoms with E-state index in [0.29, 0.717) is 32.7 Å². The Morgan fingerprint density at radius 3 is 2.95 bits per heavy atom. The van der Waals surface area contributed by atoms with Crippen molar-refractivity contribution in [3.63, 3.8) is 0 Å². The minimum absolute atomic E-state index is 0.164. The van der Waals surface area contributed by atoms with Crippen molar-refractivity contribution in [2.24, 2.45) is 0 Å². The molecule has 1 saturated heterocycles. The molecule has 1 fully saturated rings. The molecule has 0 bridgehead atoms. The first kappa shape index (κ1) is 16.9. The van der Waals surface area contributed by atoms with E-state index in [1.165, 1.54) is 6.33 Å². The molecule has 1 atom stereocenters. The van der Waals surface area contributed by atoms with Crippen LogP contribution >= 0.6 is 11.6 Å². The zero-order valence-corrected chi connectivity index (χ0v) is 13.5. The van der Waals surface area contributed by atoms with Crippen molar-refractivity contribution >= 4 is 23.4 Å². The molecule has 0 N–H and O–H groups in total. The number of esters is 1. The number of hydrogen-bond acceptors (Lipinski definition) is 6. The maximum Gasteiger partial charge on any atom is 0.307 e. The second-order valence-electron chi connectivity index (χ2n) is 5.19. The van der Waals surface area contributed by atoms with Crippen LogP contribution < -0.4 is 4.90 Å². The fourth-order valence-corrected chi connectivity index (χ4v) is 2.68. The summed E-state index contributed by atoms with van der Waals surface area (Å²) in [7, 11) is 0. The van der Waals surface area contributed by atoms with Crippen molar-refractivity contribution in [3.8, 4) is 0 Å². The van der Waals surface area contributed by atoms with Gasteiger partial charge >= 0.3 is 5.97 Å². The summed E-state index contributed by atoms with van der Waals surface area (Å²) in [6, 6.07) is 0.177. The molecule has 6 nitrogen and oxygen atoms in total. The molecule has 2 rings (SSSR count). The Morgan fingerprint density at radius 1 is 1.50 bits per heavy atom. The third-order valence-corrected chi connectivity index (χ3v) is 3.97. The lowest BCUT2D eigenvalue weighted by Crippen LogP contribution is -2.52. The third-order valence-electron chi connectivity index (χ3n) is 3.70. The van der Waals surface area contributed by atoms with Gasteiger partial charge in [-0.2, -0.15) is 4.39 Å². The van der Waals surface area contributed by atoms with Gasteiger partial charge in [-0.15, -0.1) is 0 Å². The highest BCUT2D eigenvalue weighted by molar-refractivity contribution is 6.29. The van der Waals surface area contributed by atoms with Gasteiger partial charge in [-0.3, -0.25) is 9.69 Å². The Kier molecular flexibility index (Phi) is 5.90. The Hall–Kier alpha value is -1.47. The monoisotopic (exact) mass is 330 g/mol. The lowest BCUT2D eigenvalue weighted by atomic mass is 10.1. The fourth-order valence-electron chi connectivity index (χ4n) is 2.55. The predicted octanol–water partition coefficient (Wildman–Crippen LogP) is 1.73. The van der Waals surface area contributed by atoms with Crippen molar-refractivity contribution < 1.29 is 13.9 Å². The summed E-state index contributed by atoms with van der Waals surface area (Å²) in [6.07, 6.45) is 1.63. The van der Waals surface area contributed by atoms with Gasteiger partial charge in [-0.05, 0) is 13.8 Å². The molecule has 22 heavy (non-hydrogen) atoms. The number of carbonyl (C=O) groups excluding carboxylic acids is 1. The van der Waals surface area contributed by atoms with E-state index in [4.69, 9.17) is 16.3 Å². The molecule has 0 aromatic carbocycles. The SMILES string of the molecule is CCOC(=O)CCN1CCN(c2ncnc(Cl)c2F)C[C@@H]1C. The molecule has 0 amide bonds. The lowest BCUT2D eigenvalue weighted by molar-refractivity contribution is -0.143. The average molecular weight is 331 g/mol. The molecule has 0 saturated carbocycles. The van der Waals surface area contributed by atoms with E-state index in [1.54, 1.807) is 6.92 Å². The molecule has 122 valence electrons. The topological polar surface area (TPSA) is 58.6 Å². The fraction of sp³-hybridized carbons (Fsp3) is 0.643. The average Bonchev–Trinajstić information content (AvgIpc) is 2.49. The number of ether oxygens (including phenoxy) is 1. The van der Waals surface area contributed by atoms with E-state index in [2.05, 4.69) is 14.9 Å². The molecule has 1 aliphatic rings. The van der Waals surface area contributed by atoms with Gasteiger partial charge in [0.15, 0.2) is 11.0 Å². The van der Waals surface area contributed by atoms with Gasteiger partial charge in [-0.25, -0.2) is 9.97 Å². The molecule has 0 unspecified atom stereocenters. The number of halogens is 2. The number of anilines is 1. The lowest BCUT2D eigenvalue weighted by Gasteiger charge is -2.40. The van der Waals surface area contributed by atoms with Crippen LogP contribution in [0.3, 0.4) is 0 Å². The van der Waals surface area contributed by atoms with E-state index >= 15 is 0 Å². The van der Waals surface area contributed by atoms with Crippen molar-refractivity contribution in [1.29, 1.82) is 0 Å². The maximum absolute atomic E-state index is 14.0. The van der Waals surface area contributed by atoms with Crippen LogP contribution in [-0.2, 0) is 9.53 Å². The molecular weight excluding hydrogens is 311 g/mol. The summed E-state index contributed by atoms with van der Waals surface area (Å²) in [5, 5.41) is -0.164. The minimum Gasteiger partial charge on any atom is -0.466 e. The second kappa shape index (κ2) is 7.69. The van der Waals surface area contributed by atoms with Crippen LogP contribution in [0.25, 0.3) is 0 Å². The van der Waals surface area contributed by atoms with Crippen LogP contribution in [-0.4, -0.2) is 59.7 Å².